The molecule has 0 aromatic carbocycles. The third-order valence-corrected chi connectivity index (χ3v) is 7.68. The van der Waals surface area contributed by atoms with Gasteiger partial charge in [0.05, 0.1) is 13.2 Å². The van der Waals surface area contributed by atoms with E-state index in [9.17, 15) is 9.59 Å². The van der Waals surface area contributed by atoms with E-state index in [4.69, 9.17) is 14.2 Å². The fraction of sp³-hybridized carbons (Fsp3) is 0.840. The molecule has 2 aliphatic rings. The third kappa shape index (κ3) is 10.5. The number of esters is 1. The lowest BCUT2D eigenvalue weighted by atomic mass is 9.94. The van der Waals surface area contributed by atoms with Gasteiger partial charge in [-0.05, 0) is 44.6 Å². The highest BCUT2D eigenvalue weighted by Crippen LogP contribution is 2.39. The zero-order valence-corrected chi connectivity index (χ0v) is 20.3. The Kier molecular flexibility index (Phi) is 13.5. The molecular weight excluding hydrogens is 412 g/mol. The molecule has 2 saturated heterocycles. The largest absolute Gasteiger partial charge is 0.469 e. The van der Waals surface area contributed by atoms with E-state index >= 15 is 0 Å². The number of ether oxygens (including phenoxy) is 3. The number of methoxy groups -OCH3 is 1. The molecule has 4 atom stereocenters. The maximum Gasteiger partial charge on any atom is 0.305 e. The van der Waals surface area contributed by atoms with Crippen molar-refractivity contribution in [1.29, 1.82) is 0 Å². The van der Waals surface area contributed by atoms with Crippen LogP contribution < -0.4 is 0 Å². The summed E-state index contributed by atoms with van der Waals surface area (Å²) in [7, 11) is 1.44. The molecule has 2 heterocycles. The van der Waals surface area contributed by atoms with Gasteiger partial charge in [0.2, 0.25) is 0 Å². The van der Waals surface area contributed by atoms with Crippen LogP contribution in [0.25, 0.3) is 0 Å². The van der Waals surface area contributed by atoms with Gasteiger partial charge in [-0.3, -0.25) is 9.59 Å². The lowest BCUT2D eigenvalue weighted by Crippen LogP contribution is -2.33. The topological polar surface area (TPSA) is 61.8 Å². The van der Waals surface area contributed by atoms with Gasteiger partial charge in [0.15, 0.2) is 12.1 Å². The van der Waals surface area contributed by atoms with Crippen molar-refractivity contribution in [3.05, 3.63) is 12.2 Å². The van der Waals surface area contributed by atoms with Gasteiger partial charge in [0.1, 0.15) is 0 Å². The first-order valence-electron chi connectivity index (χ1n) is 12.3. The highest BCUT2D eigenvalue weighted by atomic mass is 32.2. The molecule has 0 bridgehead atoms. The fourth-order valence-corrected chi connectivity index (χ4v) is 5.83. The summed E-state index contributed by atoms with van der Waals surface area (Å²) in [6.45, 7) is 2.95. The van der Waals surface area contributed by atoms with Crippen LogP contribution in [0.5, 0.6) is 0 Å². The third-order valence-electron chi connectivity index (χ3n) is 6.18. The van der Waals surface area contributed by atoms with Crippen LogP contribution >= 0.6 is 11.8 Å². The summed E-state index contributed by atoms with van der Waals surface area (Å²) < 4.78 is 16.9. The Morgan fingerprint density at radius 1 is 1.06 bits per heavy atom. The molecule has 0 spiro atoms. The number of hydrogen-bond donors (Lipinski definition) is 0. The van der Waals surface area contributed by atoms with Crippen molar-refractivity contribution in [3.63, 3.8) is 0 Å². The zero-order chi connectivity index (χ0) is 22.3. The SMILES string of the molecule is CCCCCC(=O)C=C[C@@H]1[C@@H](OC2CCCCO2)CS[C@H]1CCCCCCC(=O)OC. The van der Waals surface area contributed by atoms with Crippen molar-refractivity contribution >= 4 is 23.5 Å². The minimum absolute atomic E-state index is 0.0902. The normalized spacial score (nSPS) is 26.4. The monoisotopic (exact) mass is 454 g/mol. The Morgan fingerprint density at radius 3 is 2.61 bits per heavy atom. The second kappa shape index (κ2) is 15.9. The molecule has 5 nitrogen and oxygen atoms in total. The number of allylic oxidation sites excluding steroid dienone is 1. The summed E-state index contributed by atoms with van der Waals surface area (Å²) in [4.78, 5) is 23.5. The van der Waals surface area contributed by atoms with Gasteiger partial charge in [-0.2, -0.15) is 11.8 Å². The minimum atomic E-state index is -0.120. The van der Waals surface area contributed by atoms with Crippen molar-refractivity contribution in [3.8, 4) is 0 Å². The van der Waals surface area contributed by atoms with Crippen molar-refractivity contribution in [1.82, 2.24) is 0 Å². The van der Waals surface area contributed by atoms with Crippen LogP contribution in [-0.2, 0) is 23.8 Å². The first kappa shape index (κ1) is 26.4. The van der Waals surface area contributed by atoms with E-state index < -0.39 is 0 Å². The predicted molar refractivity (Wildman–Crippen MR) is 126 cm³/mol. The number of hydrogen-bond acceptors (Lipinski definition) is 6. The average molecular weight is 455 g/mol. The standard InChI is InChI=1S/C25H42O5S/c1-3-4-7-12-20(26)16-17-21-22(30-25-15-10-11-18-29-25)19-31-23(21)13-8-5-6-9-14-24(27)28-2/h16-17,21-23,25H,3-15,18-19H2,1-2H3/t21-,22+,23+,25?/m1/s1. The Balaban J connectivity index is 1.82. The van der Waals surface area contributed by atoms with Crippen LogP contribution in [0.15, 0.2) is 12.2 Å². The van der Waals surface area contributed by atoms with Crippen molar-refractivity contribution < 1.29 is 23.8 Å². The lowest BCUT2D eigenvalue weighted by molar-refractivity contribution is -0.188. The van der Waals surface area contributed by atoms with Gasteiger partial charge >= 0.3 is 5.97 Å². The molecule has 0 radical (unpaired) electrons. The van der Waals surface area contributed by atoms with Crippen molar-refractivity contribution in [2.24, 2.45) is 5.92 Å². The van der Waals surface area contributed by atoms with E-state index in [-0.39, 0.29) is 30.1 Å². The molecule has 31 heavy (non-hydrogen) atoms. The van der Waals surface area contributed by atoms with Gasteiger partial charge in [-0.1, -0.05) is 45.1 Å². The molecule has 2 fully saturated rings. The van der Waals surface area contributed by atoms with Gasteiger partial charge < -0.3 is 14.2 Å². The molecule has 1 unspecified atom stereocenters. The molecule has 0 amide bonds. The predicted octanol–water partition coefficient (Wildman–Crippen LogP) is 5.85. The Bertz CT molecular complexity index is 544. The molecule has 0 saturated carbocycles. The Hall–Kier alpha value is -0.850. The maximum atomic E-state index is 12.3. The molecule has 6 heteroatoms. The maximum absolute atomic E-state index is 12.3. The van der Waals surface area contributed by atoms with Gasteiger partial charge in [-0.15, -0.1) is 0 Å². The number of rotatable bonds is 15. The number of carbonyl (C=O) groups is 2. The first-order chi connectivity index (χ1) is 15.1. The fourth-order valence-electron chi connectivity index (χ4n) is 4.27. The van der Waals surface area contributed by atoms with Crippen LogP contribution in [0.3, 0.4) is 0 Å². The molecule has 2 aliphatic heterocycles. The molecule has 0 aromatic heterocycles. The summed E-state index contributed by atoms with van der Waals surface area (Å²) in [6, 6.07) is 0. The number of carbonyl (C=O) groups excluding carboxylic acids is 2. The van der Waals surface area contributed by atoms with E-state index in [2.05, 4.69) is 13.0 Å². The van der Waals surface area contributed by atoms with E-state index in [0.717, 1.165) is 83.0 Å². The van der Waals surface area contributed by atoms with Crippen LogP contribution in [-0.4, -0.2) is 48.9 Å². The quantitative estimate of drug-likeness (QED) is 0.176. The zero-order valence-electron chi connectivity index (χ0n) is 19.5. The smallest absolute Gasteiger partial charge is 0.305 e. The van der Waals surface area contributed by atoms with Gasteiger partial charge in [0, 0.05) is 36.4 Å². The van der Waals surface area contributed by atoms with E-state index in [1.54, 1.807) is 0 Å². The van der Waals surface area contributed by atoms with E-state index in [1.807, 2.05) is 17.8 Å². The lowest BCUT2D eigenvalue weighted by Gasteiger charge is -2.28. The Labute approximate surface area is 193 Å². The molecule has 2 rings (SSSR count). The average Bonchev–Trinajstić information content (AvgIpc) is 3.16. The first-order valence-corrected chi connectivity index (χ1v) is 13.4. The molecule has 0 N–H and O–H groups in total. The highest BCUT2D eigenvalue weighted by Gasteiger charge is 2.37. The molecular formula is C25H42O5S. The second-order valence-corrected chi connectivity index (χ2v) is 10.0. The number of ketones is 1. The molecule has 0 aromatic rings. The number of unbranched alkanes of at least 4 members (excludes halogenated alkanes) is 5. The summed E-state index contributed by atoms with van der Waals surface area (Å²) in [5.74, 6) is 1.34. The van der Waals surface area contributed by atoms with Crippen LogP contribution in [0.4, 0.5) is 0 Å². The molecule has 0 aliphatic carbocycles. The van der Waals surface area contributed by atoms with E-state index in [0.29, 0.717) is 18.1 Å². The highest BCUT2D eigenvalue weighted by molar-refractivity contribution is 8.00. The van der Waals surface area contributed by atoms with E-state index in [1.165, 1.54) is 7.11 Å². The van der Waals surface area contributed by atoms with Crippen molar-refractivity contribution in [2.75, 3.05) is 19.5 Å². The van der Waals surface area contributed by atoms with Crippen LogP contribution in [0, 0.1) is 5.92 Å². The van der Waals surface area contributed by atoms with Gasteiger partial charge in [0.25, 0.3) is 0 Å². The van der Waals surface area contributed by atoms with Gasteiger partial charge in [-0.25, -0.2) is 0 Å². The van der Waals surface area contributed by atoms with Crippen LogP contribution in [0.2, 0.25) is 0 Å². The number of thioether (sulfide) groups is 1. The Morgan fingerprint density at radius 2 is 1.87 bits per heavy atom. The van der Waals surface area contributed by atoms with Crippen LogP contribution in [0.1, 0.15) is 90.4 Å². The summed E-state index contributed by atoms with van der Waals surface area (Å²) >= 11 is 1.98. The molecule has 178 valence electrons. The van der Waals surface area contributed by atoms with Crippen molar-refractivity contribution in [2.45, 2.75) is 108 Å². The summed E-state index contributed by atoms with van der Waals surface area (Å²) in [5, 5.41) is 0.480. The summed E-state index contributed by atoms with van der Waals surface area (Å²) in [5.41, 5.74) is 0. The minimum Gasteiger partial charge on any atom is -0.469 e. The second-order valence-electron chi connectivity index (χ2n) is 8.73. The summed E-state index contributed by atoms with van der Waals surface area (Å²) in [6.07, 6.45) is 16.9.